The highest BCUT2D eigenvalue weighted by atomic mass is 16.5. The lowest BCUT2D eigenvalue weighted by Gasteiger charge is -2.24. The van der Waals surface area contributed by atoms with Crippen molar-refractivity contribution >= 4 is 23.3 Å². The fourth-order valence-electron chi connectivity index (χ4n) is 3.44. The molecule has 5 heteroatoms. The molecule has 0 aliphatic rings. The summed E-state index contributed by atoms with van der Waals surface area (Å²) in [4.78, 5) is 24.3. The second kappa shape index (κ2) is 9.22. The molecule has 4 aromatic rings. The van der Waals surface area contributed by atoms with Gasteiger partial charge >= 0.3 is 5.97 Å². The van der Waals surface area contributed by atoms with Gasteiger partial charge in [0.2, 0.25) is 5.95 Å². The molecule has 0 amide bonds. The first-order valence-corrected chi connectivity index (χ1v) is 10.2. The van der Waals surface area contributed by atoms with Gasteiger partial charge in [-0.1, -0.05) is 66.7 Å². The first kappa shape index (κ1) is 20.3. The van der Waals surface area contributed by atoms with Gasteiger partial charge in [0.15, 0.2) is 0 Å². The van der Waals surface area contributed by atoms with Gasteiger partial charge in [0.05, 0.1) is 18.0 Å². The minimum atomic E-state index is -0.420. The maximum atomic E-state index is 12.8. The number of aromatic nitrogens is 2. The van der Waals surface area contributed by atoms with Crippen molar-refractivity contribution in [3.05, 3.63) is 102 Å². The average Bonchev–Trinajstić information content (AvgIpc) is 2.81. The second-order valence-electron chi connectivity index (χ2n) is 6.93. The van der Waals surface area contributed by atoms with E-state index in [0.29, 0.717) is 22.9 Å². The van der Waals surface area contributed by atoms with Crippen LogP contribution in [0, 0.1) is 6.92 Å². The van der Waals surface area contributed by atoms with Gasteiger partial charge in [-0.3, -0.25) is 4.90 Å². The molecule has 31 heavy (non-hydrogen) atoms. The Kier molecular flexibility index (Phi) is 6.03. The summed E-state index contributed by atoms with van der Waals surface area (Å²) in [6.45, 7) is 3.89. The molecule has 4 rings (SSSR count). The van der Waals surface area contributed by atoms with E-state index in [2.05, 4.69) is 0 Å². The summed E-state index contributed by atoms with van der Waals surface area (Å²) in [5, 5.41) is 0. The summed E-state index contributed by atoms with van der Waals surface area (Å²) in [6.07, 6.45) is 0. The Bertz CT molecular complexity index is 1120. The number of carbonyl (C=O) groups is 1. The van der Waals surface area contributed by atoms with E-state index in [1.165, 1.54) is 0 Å². The molecule has 0 spiro atoms. The minimum Gasteiger partial charge on any atom is -0.462 e. The largest absolute Gasteiger partial charge is 0.462 e. The van der Waals surface area contributed by atoms with E-state index in [9.17, 15) is 4.79 Å². The number of nitrogens with zero attached hydrogens (tertiary/aromatic N) is 3. The van der Waals surface area contributed by atoms with E-state index in [4.69, 9.17) is 14.7 Å². The van der Waals surface area contributed by atoms with Crippen molar-refractivity contribution < 1.29 is 9.53 Å². The van der Waals surface area contributed by atoms with Gasteiger partial charge in [-0.05, 0) is 38.1 Å². The van der Waals surface area contributed by atoms with Gasteiger partial charge < -0.3 is 4.74 Å². The zero-order chi connectivity index (χ0) is 21.6. The van der Waals surface area contributed by atoms with E-state index in [0.717, 1.165) is 16.9 Å². The summed E-state index contributed by atoms with van der Waals surface area (Å²) in [5.74, 6) is 0.0678. The number of hydrogen-bond acceptors (Lipinski definition) is 5. The number of benzene rings is 3. The SMILES string of the molecule is CCOC(=O)c1c(C)nc(N(c2ccccc2)c2ccccc2)nc1-c1ccccc1. The zero-order valence-electron chi connectivity index (χ0n) is 17.5. The number of aryl methyl sites for hydroxylation is 1. The van der Waals surface area contributed by atoms with E-state index in [-0.39, 0.29) is 6.61 Å². The van der Waals surface area contributed by atoms with Gasteiger partial charge in [0.25, 0.3) is 0 Å². The number of rotatable bonds is 6. The van der Waals surface area contributed by atoms with Crippen LogP contribution in [-0.2, 0) is 4.74 Å². The van der Waals surface area contributed by atoms with E-state index in [1.807, 2.05) is 103 Å². The maximum absolute atomic E-state index is 12.8. The second-order valence-corrected chi connectivity index (χ2v) is 6.93. The van der Waals surface area contributed by atoms with Crippen LogP contribution in [0.15, 0.2) is 91.0 Å². The van der Waals surface area contributed by atoms with Crippen molar-refractivity contribution in [2.75, 3.05) is 11.5 Å². The van der Waals surface area contributed by atoms with Crippen LogP contribution >= 0.6 is 0 Å². The molecule has 0 fully saturated rings. The third kappa shape index (κ3) is 4.31. The number of hydrogen-bond donors (Lipinski definition) is 0. The summed E-state index contributed by atoms with van der Waals surface area (Å²) < 4.78 is 5.31. The zero-order valence-corrected chi connectivity index (χ0v) is 17.5. The molecule has 3 aromatic carbocycles. The first-order valence-electron chi connectivity index (χ1n) is 10.2. The fraction of sp³-hybridized carbons (Fsp3) is 0.115. The number of carbonyl (C=O) groups excluding carboxylic acids is 1. The quantitative estimate of drug-likeness (QED) is 0.360. The molecule has 0 N–H and O–H groups in total. The highest BCUT2D eigenvalue weighted by Gasteiger charge is 2.24. The van der Waals surface area contributed by atoms with E-state index in [1.54, 1.807) is 6.92 Å². The third-order valence-corrected chi connectivity index (χ3v) is 4.83. The Hall–Kier alpha value is -3.99. The molecule has 0 saturated carbocycles. The number of ether oxygens (including phenoxy) is 1. The molecule has 0 unspecified atom stereocenters. The predicted molar refractivity (Wildman–Crippen MR) is 123 cm³/mol. The van der Waals surface area contributed by atoms with Crippen LogP contribution in [0.5, 0.6) is 0 Å². The number of esters is 1. The Morgan fingerprint density at radius 2 is 1.32 bits per heavy atom. The Morgan fingerprint density at radius 3 is 1.84 bits per heavy atom. The van der Waals surface area contributed by atoms with Crippen LogP contribution < -0.4 is 4.90 Å². The van der Waals surface area contributed by atoms with Crippen molar-refractivity contribution in [3.63, 3.8) is 0 Å². The highest BCUT2D eigenvalue weighted by Crippen LogP contribution is 2.34. The minimum absolute atomic E-state index is 0.286. The monoisotopic (exact) mass is 409 g/mol. The topological polar surface area (TPSA) is 55.3 Å². The molecule has 1 aromatic heterocycles. The van der Waals surface area contributed by atoms with Gasteiger partial charge in [-0.2, -0.15) is 0 Å². The first-order chi connectivity index (χ1) is 15.2. The molecule has 0 aliphatic carbocycles. The lowest BCUT2D eigenvalue weighted by atomic mass is 10.0. The van der Waals surface area contributed by atoms with Crippen LogP contribution in [0.1, 0.15) is 23.0 Å². The number of anilines is 3. The van der Waals surface area contributed by atoms with Crippen LogP contribution in [0.3, 0.4) is 0 Å². The molecule has 0 aliphatic heterocycles. The summed E-state index contributed by atoms with van der Waals surface area (Å²) >= 11 is 0. The Morgan fingerprint density at radius 1 is 0.806 bits per heavy atom. The molecule has 0 radical (unpaired) electrons. The van der Waals surface area contributed by atoms with Crippen molar-refractivity contribution in [1.29, 1.82) is 0 Å². The highest BCUT2D eigenvalue weighted by molar-refractivity contribution is 5.97. The maximum Gasteiger partial charge on any atom is 0.342 e. The smallest absolute Gasteiger partial charge is 0.342 e. The fourth-order valence-corrected chi connectivity index (χ4v) is 3.44. The Labute approximate surface area is 182 Å². The van der Waals surface area contributed by atoms with Gasteiger partial charge in [0, 0.05) is 16.9 Å². The molecule has 154 valence electrons. The standard InChI is InChI=1S/C26H23N3O2/c1-3-31-25(30)23-19(2)27-26(28-24(23)20-13-7-4-8-14-20)29(21-15-9-5-10-16-21)22-17-11-6-12-18-22/h4-18H,3H2,1-2H3. The summed E-state index contributed by atoms with van der Waals surface area (Å²) in [6, 6.07) is 29.5. The molecule has 5 nitrogen and oxygen atoms in total. The summed E-state index contributed by atoms with van der Waals surface area (Å²) in [5.41, 5.74) is 4.20. The van der Waals surface area contributed by atoms with Crippen LogP contribution in [0.4, 0.5) is 17.3 Å². The van der Waals surface area contributed by atoms with Crippen LogP contribution in [-0.4, -0.2) is 22.5 Å². The van der Waals surface area contributed by atoms with Crippen molar-refractivity contribution in [3.8, 4) is 11.3 Å². The number of para-hydroxylation sites is 2. The molecule has 1 heterocycles. The molecular weight excluding hydrogens is 386 g/mol. The average molecular weight is 409 g/mol. The van der Waals surface area contributed by atoms with Crippen LogP contribution in [0.2, 0.25) is 0 Å². The van der Waals surface area contributed by atoms with Gasteiger partial charge in [0.1, 0.15) is 5.56 Å². The van der Waals surface area contributed by atoms with Crippen molar-refractivity contribution in [2.45, 2.75) is 13.8 Å². The van der Waals surface area contributed by atoms with E-state index >= 15 is 0 Å². The van der Waals surface area contributed by atoms with Crippen molar-refractivity contribution in [1.82, 2.24) is 9.97 Å². The molecule has 0 atom stereocenters. The van der Waals surface area contributed by atoms with Crippen LogP contribution in [0.25, 0.3) is 11.3 Å². The summed E-state index contributed by atoms with van der Waals surface area (Å²) in [7, 11) is 0. The van der Waals surface area contributed by atoms with E-state index < -0.39 is 5.97 Å². The van der Waals surface area contributed by atoms with Gasteiger partial charge in [-0.25, -0.2) is 14.8 Å². The normalized spacial score (nSPS) is 10.5. The molecular formula is C26H23N3O2. The van der Waals surface area contributed by atoms with Crippen molar-refractivity contribution in [2.24, 2.45) is 0 Å². The lowest BCUT2D eigenvalue weighted by Crippen LogP contribution is -2.18. The van der Waals surface area contributed by atoms with Gasteiger partial charge in [-0.15, -0.1) is 0 Å². The predicted octanol–water partition coefficient (Wildman–Crippen LogP) is 6.10. The molecule has 0 saturated heterocycles. The lowest BCUT2D eigenvalue weighted by molar-refractivity contribution is 0.0525. The third-order valence-electron chi connectivity index (χ3n) is 4.83. The Balaban J connectivity index is 1.95. The molecule has 0 bridgehead atoms.